The molecule has 1 heterocycles. The Morgan fingerprint density at radius 2 is 1.53 bits per heavy atom. The zero-order valence-electron chi connectivity index (χ0n) is 17.6. The van der Waals surface area contributed by atoms with Crippen LogP contribution in [0.4, 0.5) is 24.5 Å². The minimum absolute atomic E-state index is 0.168. The molecule has 0 saturated carbocycles. The number of amides is 2. The summed E-state index contributed by atoms with van der Waals surface area (Å²) in [5.41, 5.74) is 1.04. The van der Waals surface area contributed by atoms with Gasteiger partial charge in [-0.05, 0) is 37.1 Å². The highest BCUT2D eigenvalue weighted by Crippen LogP contribution is 2.43. The molecule has 0 aliphatic carbocycles. The molecule has 0 bridgehead atoms. The van der Waals surface area contributed by atoms with Crippen LogP contribution < -0.4 is 9.80 Å². The molecule has 2 amide bonds. The van der Waals surface area contributed by atoms with Crippen molar-refractivity contribution in [3.05, 3.63) is 95.3 Å². The highest BCUT2D eigenvalue weighted by atomic mass is 19.1. The van der Waals surface area contributed by atoms with Gasteiger partial charge in [0.15, 0.2) is 0 Å². The number of carbonyl (C=O) groups is 2. The van der Waals surface area contributed by atoms with Gasteiger partial charge in [0.25, 0.3) is 5.91 Å². The van der Waals surface area contributed by atoms with Crippen molar-refractivity contribution in [1.82, 2.24) is 0 Å². The molecule has 164 valence electrons. The third kappa shape index (κ3) is 3.75. The van der Waals surface area contributed by atoms with Crippen LogP contribution in [-0.2, 0) is 4.79 Å². The number of hydrogen-bond acceptors (Lipinski definition) is 2. The first-order valence-electron chi connectivity index (χ1n) is 10.2. The maximum atomic E-state index is 14.4. The van der Waals surface area contributed by atoms with Gasteiger partial charge in [-0.3, -0.25) is 9.59 Å². The second-order valence-electron chi connectivity index (χ2n) is 7.80. The Kier molecular flexibility index (Phi) is 5.74. The molecule has 0 fully saturated rings. The number of para-hydroxylation sites is 2. The zero-order chi connectivity index (χ0) is 23.0. The van der Waals surface area contributed by atoms with Crippen LogP contribution in [0.5, 0.6) is 0 Å². The van der Waals surface area contributed by atoms with E-state index in [1.54, 1.807) is 36.1 Å². The van der Waals surface area contributed by atoms with Crippen molar-refractivity contribution in [2.75, 3.05) is 9.80 Å². The lowest BCUT2D eigenvalue weighted by molar-refractivity contribution is -0.117. The van der Waals surface area contributed by atoms with Crippen molar-refractivity contribution in [2.24, 2.45) is 0 Å². The summed E-state index contributed by atoms with van der Waals surface area (Å²) in [6.45, 7) is 3.23. The molecule has 2 atom stereocenters. The molecule has 1 aliphatic heterocycles. The van der Waals surface area contributed by atoms with Crippen LogP contribution in [0.1, 0.15) is 42.2 Å². The molecular weight excluding hydrogens is 417 g/mol. The molecule has 7 heteroatoms. The predicted octanol–water partition coefficient (Wildman–Crippen LogP) is 5.64. The molecule has 0 radical (unpaired) electrons. The van der Waals surface area contributed by atoms with Gasteiger partial charge in [-0.2, -0.15) is 0 Å². The topological polar surface area (TPSA) is 40.6 Å². The fourth-order valence-electron chi connectivity index (χ4n) is 4.37. The van der Waals surface area contributed by atoms with Crippen LogP contribution in [0.3, 0.4) is 0 Å². The molecule has 0 aromatic heterocycles. The van der Waals surface area contributed by atoms with E-state index in [0.717, 1.165) is 0 Å². The number of anilines is 2. The van der Waals surface area contributed by atoms with Gasteiger partial charge in [-0.25, -0.2) is 13.2 Å². The SMILES string of the molecule is CC(=O)N(c1ccccc1)[C@@H]1C[C@H](C)N(C(=O)c2c(F)cc(F)cc2F)c2ccccc21. The molecule has 0 unspecified atom stereocenters. The molecule has 4 rings (SSSR count). The van der Waals surface area contributed by atoms with Crippen LogP contribution in [-0.4, -0.2) is 17.9 Å². The van der Waals surface area contributed by atoms with E-state index in [0.29, 0.717) is 35.5 Å². The number of nitrogens with zero attached hydrogens (tertiary/aromatic N) is 2. The number of benzene rings is 3. The number of halogens is 3. The van der Waals surface area contributed by atoms with Crippen molar-refractivity contribution >= 4 is 23.2 Å². The summed E-state index contributed by atoms with van der Waals surface area (Å²) in [6.07, 6.45) is 0.349. The first-order valence-corrected chi connectivity index (χ1v) is 10.2. The van der Waals surface area contributed by atoms with Gasteiger partial charge in [0.05, 0.1) is 6.04 Å². The lowest BCUT2D eigenvalue weighted by atomic mass is 9.89. The predicted molar refractivity (Wildman–Crippen MR) is 116 cm³/mol. The van der Waals surface area contributed by atoms with Gasteiger partial charge in [0, 0.05) is 36.5 Å². The lowest BCUT2D eigenvalue weighted by Crippen LogP contribution is -2.47. The third-order valence-corrected chi connectivity index (χ3v) is 5.69. The van der Waals surface area contributed by atoms with Gasteiger partial charge >= 0.3 is 0 Å². The molecular formula is C25H21F3N2O2. The summed E-state index contributed by atoms with van der Waals surface area (Å²) >= 11 is 0. The first kappa shape index (κ1) is 21.6. The summed E-state index contributed by atoms with van der Waals surface area (Å²) < 4.78 is 42.1. The average molecular weight is 438 g/mol. The third-order valence-electron chi connectivity index (χ3n) is 5.69. The van der Waals surface area contributed by atoms with Gasteiger partial charge in [-0.15, -0.1) is 0 Å². The van der Waals surface area contributed by atoms with Gasteiger partial charge in [0.2, 0.25) is 5.91 Å². The summed E-state index contributed by atoms with van der Waals surface area (Å²) in [4.78, 5) is 28.9. The van der Waals surface area contributed by atoms with E-state index in [4.69, 9.17) is 0 Å². The van der Waals surface area contributed by atoms with Gasteiger partial charge in [-0.1, -0.05) is 36.4 Å². The van der Waals surface area contributed by atoms with Crippen LogP contribution in [0.25, 0.3) is 0 Å². The van der Waals surface area contributed by atoms with E-state index >= 15 is 0 Å². The minimum Gasteiger partial charge on any atom is -0.305 e. The van der Waals surface area contributed by atoms with Crippen molar-refractivity contribution in [3.63, 3.8) is 0 Å². The normalized spacial score (nSPS) is 17.6. The summed E-state index contributed by atoms with van der Waals surface area (Å²) in [6, 6.07) is 16.3. The van der Waals surface area contributed by atoms with E-state index in [-0.39, 0.29) is 11.9 Å². The number of fused-ring (bicyclic) bond motifs is 1. The number of rotatable bonds is 3. The quantitative estimate of drug-likeness (QED) is 0.531. The van der Waals surface area contributed by atoms with Crippen LogP contribution in [0.15, 0.2) is 66.7 Å². The lowest BCUT2D eigenvalue weighted by Gasteiger charge is -2.43. The fourth-order valence-corrected chi connectivity index (χ4v) is 4.37. The summed E-state index contributed by atoms with van der Waals surface area (Å²) in [7, 11) is 0. The van der Waals surface area contributed by atoms with Crippen LogP contribution >= 0.6 is 0 Å². The standard InChI is InChI=1S/C25H21F3N2O2/c1-15-12-23(30(16(2)31)18-8-4-3-5-9-18)19-10-6-7-11-22(19)29(15)25(32)24-20(27)13-17(26)14-21(24)28/h3-11,13-15,23H,12H2,1-2H3/t15-,23+/m0/s1. The molecule has 4 nitrogen and oxygen atoms in total. The van der Waals surface area contributed by atoms with Crippen molar-refractivity contribution < 1.29 is 22.8 Å². The van der Waals surface area contributed by atoms with E-state index in [9.17, 15) is 22.8 Å². The van der Waals surface area contributed by atoms with E-state index in [2.05, 4.69) is 0 Å². The average Bonchev–Trinajstić information content (AvgIpc) is 2.73. The Labute approximate surface area is 183 Å². The largest absolute Gasteiger partial charge is 0.305 e. The molecule has 32 heavy (non-hydrogen) atoms. The summed E-state index contributed by atoms with van der Waals surface area (Å²) in [5.74, 6) is -4.67. The smallest absolute Gasteiger partial charge is 0.264 e. The van der Waals surface area contributed by atoms with Crippen LogP contribution in [0.2, 0.25) is 0 Å². The Morgan fingerprint density at radius 3 is 2.16 bits per heavy atom. The summed E-state index contributed by atoms with van der Waals surface area (Å²) in [5, 5.41) is 0. The Morgan fingerprint density at radius 1 is 0.938 bits per heavy atom. The Balaban J connectivity index is 1.81. The molecule has 1 aliphatic rings. The van der Waals surface area contributed by atoms with E-state index < -0.39 is 35.0 Å². The van der Waals surface area contributed by atoms with E-state index in [1.807, 2.05) is 30.3 Å². The first-order chi connectivity index (χ1) is 15.3. The maximum Gasteiger partial charge on any atom is 0.264 e. The van der Waals surface area contributed by atoms with Crippen molar-refractivity contribution in [1.29, 1.82) is 0 Å². The van der Waals surface area contributed by atoms with Gasteiger partial charge < -0.3 is 9.80 Å². The number of carbonyl (C=O) groups excluding carboxylic acids is 2. The van der Waals surface area contributed by atoms with Crippen molar-refractivity contribution in [2.45, 2.75) is 32.4 Å². The maximum absolute atomic E-state index is 14.4. The molecule has 3 aromatic carbocycles. The second kappa shape index (κ2) is 8.49. The molecule has 3 aromatic rings. The highest BCUT2D eigenvalue weighted by molar-refractivity contribution is 6.08. The van der Waals surface area contributed by atoms with E-state index in [1.165, 1.54) is 11.8 Å². The molecule has 0 spiro atoms. The highest BCUT2D eigenvalue weighted by Gasteiger charge is 2.39. The van der Waals surface area contributed by atoms with Gasteiger partial charge in [0.1, 0.15) is 23.0 Å². The number of hydrogen-bond donors (Lipinski definition) is 0. The molecule has 0 saturated heterocycles. The minimum atomic E-state index is -1.26. The monoisotopic (exact) mass is 438 g/mol. The van der Waals surface area contributed by atoms with Crippen molar-refractivity contribution in [3.8, 4) is 0 Å². The second-order valence-corrected chi connectivity index (χ2v) is 7.80. The Hall–Kier alpha value is -3.61. The zero-order valence-corrected chi connectivity index (χ0v) is 17.6. The van der Waals surface area contributed by atoms with Crippen LogP contribution in [0, 0.1) is 17.5 Å². The Bertz CT molecular complexity index is 1160. The fraction of sp³-hybridized carbons (Fsp3) is 0.200. The molecule has 0 N–H and O–H groups in total.